The summed E-state index contributed by atoms with van der Waals surface area (Å²) in [5.41, 5.74) is 0. The third-order valence-electron chi connectivity index (χ3n) is 3.07. The van der Waals surface area contributed by atoms with Crippen molar-refractivity contribution in [3.8, 4) is 0 Å². The molecule has 0 aromatic carbocycles. The Kier molecular flexibility index (Phi) is 4.17. The summed E-state index contributed by atoms with van der Waals surface area (Å²) in [6.07, 6.45) is 1.54. The predicted molar refractivity (Wildman–Crippen MR) is 65.0 cm³/mol. The molecule has 1 fully saturated rings. The minimum absolute atomic E-state index is 0.00302. The number of carbonyl (C=O) groups is 1. The van der Waals surface area contributed by atoms with Crippen molar-refractivity contribution in [1.29, 1.82) is 0 Å². The number of hydrogen-bond donors (Lipinski definition) is 1. The Morgan fingerprint density at radius 3 is 2.76 bits per heavy atom. The number of rotatable bonds is 4. The molecule has 17 heavy (non-hydrogen) atoms. The standard InChI is InChI=1S/C12H19N3O2/c1-13-4-5-14-6-8-15(9-7-14)12(16)11-3-2-10-17-11/h2-3,10,13H,4-9H2,1H3. The molecule has 1 aliphatic rings. The van der Waals surface area contributed by atoms with E-state index < -0.39 is 0 Å². The number of hydrogen-bond acceptors (Lipinski definition) is 4. The van der Waals surface area contributed by atoms with Crippen molar-refractivity contribution in [2.24, 2.45) is 0 Å². The second-order valence-corrected chi connectivity index (χ2v) is 4.21. The van der Waals surface area contributed by atoms with Crippen molar-refractivity contribution in [2.45, 2.75) is 0 Å². The molecule has 1 N–H and O–H groups in total. The largest absolute Gasteiger partial charge is 0.459 e. The van der Waals surface area contributed by atoms with Gasteiger partial charge in [0.25, 0.3) is 5.91 Å². The van der Waals surface area contributed by atoms with E-state index in [4.69, 9.17) is 4.42 Å². The van der Waals surface area contributed by atoms with Crippen LogP contribution in [0.1, 0.15) is 10.6 Å². The number of amides is 1. The molecule has 0 spiro atoms. The molecule has 0 bridgehead atoms. The molecule has 0 unspecified atom stereocenters. The molecule has 0 radical (unpaired) electrons. The van der Waals surface area contributed by atoms with Gasteiger partial charge in [0.1, 0.15) is 0 Å². The van der Waals surface area contributed by atoms with Gasteiger partial charge in [0, 0.05) is 39.3 Å². The van der Waals surface area contributed by atoms with Crippen molar-refractivity contribution in [1.82, 2.24) is 15.1 Å². The van der Waals surface area contributed by atoms with E-state index in [0.717, 1.165) is 39.3 Å². The van der Waals surface area contributed by atoms with Gasteiger partial charge in [-0.3, -0.25) is 9.69 Å². The summed E-state index contributed by atoms with van der Waals surface area (Å²) in [7, 11) is 1.96. The summed E-state index contributed by atoms with van der Waals surface area (Å²) in [5.74, 6) is 0.442. The molecule has 2 heterocycles. The number of piperazine rings is 1. The summed E-state index contributed by atoms with van der Waals surface area (Å²) in [4.78, 5) is 16.2. The number of furan rings is 1. The molecule has 1 amide bonds. The van der Waals surface area contributed by atoms with Crippen molar-refractivity contribution in [3.63, 3.8) is 0 Å². The zero-order valence-electron chi connectivity index (χ0n) is 10.2. The van der Waals surface area contributed by atoms with Crippen LogP contribution in [0.4, 0.5) is 0 Å². The quantitative estimate of drug-likeness (QED) is 0.816. The van der Waals surface area contributed by atoms with Crippen LogP contribution in [0.2, 0.25) is 0 Å². The summed E-state index contributed by atoms with van der Waals surface area (Å²) in [6, 6.07) is 3.46. The van der Waals surface area contributed by atoms with Crippen molar-refractivity contribution in [2.75, 3.05) is 46.3 Å². The summed E-state index contributed by atoms with van der Waals surface area (Å²) in [6.45, 7) is 5.47. The van der Waals surface area contributed by atoms with Gasteiger partial charge >= 0.3 is 0 Å². The smallest absolute Gasteiger partial charge is 0.289 e. The highest BCUT2D eigenvalue weighted by Crippen LogP contribution is 2.08. The van der Waals surface area contributed by atoms with E-state index in [1.54, 1.807) is 12.1 Å². The third-order valence-corrected chi connectivity index (χ3v) is 3.07. The van der Waals surface area contributed by atoms with Crippen LogP contribution in [-0.2, 0) is 0 Å². The maximum Gasteiger partial charge on any atom is 0.289 e. The lowest BCUT2D eigenvalue weighted by Crippen LogP contribution is -2.49. The molecule has 5 heteroatoms. The Morgan fingerprint density at radius 1 is 1.41 bits per heavy atom. The van der Waals surface area contributed by atoms with Crippen molar-refractivity contribution < 1.29 is 9.21 Å². The first-order valence-electron chi connectivity index (χ1n) is 6.01. The second kappa shape index (κ2) is 5.84. The summed E-state index contributed by atoms with van der Waals surface area (Å²) < 4.78 is 5.13. The zero-order chi connectivity index (χ0) is 12.1. The molecule has 1 aliphatic heterocycles. The average molecular weight is 237 g/mol. The van der Waals surface area contributed by atoms with Crippen LogP contribution in [0.3, 0.4) is 0 Å². The molecule has 0 atom stereocenters. The average Bonchev–Trinajstić information content (AvgIpc) is 2.90. The van der Waals surface area contributed by atoms with Crippen LogP contribution in [0.15, 0.2) is 22.8 Å². The highest BCUT2D eigenvalue weighted by molar-refractivity contribution is 5.91. The van der Waals surface area contributed by atoms with Crippen LogP contribution >= 0.6 is 0 Å². The van der Waals surface area contributed by atoms with Gasteiger partial charge in [-0.05, 0) is 19.2 Å². The Hall–Kier alpha value is -1.33. The monoisotopic (exact) mass is 237 g/mol. The molecule has 0 saturated carbocycles. The van der Waals surface area contributed by atoms with E-state index in [9.17, 15) is 4.79 Å². The van der Waals surface area contributed by atoms with Gasteiger partial charge in [0.05, 0.1) is 6.26 Å². The Labute approximate surface area is 101 Å². The molecule has 94 valence electrons. The van der Waals surface area contributed by atoms with Gasteiger partial charge < -0.3 is 14.6 Å². The van der Waals surface area contributed by atoms with Crippen molar-refractivity contribution in [3.05, 3.63) is 24.2 Å². The first kappa shape index (κ1) is 12.1. The fourth-order valence-corrected chi connectivity index (χ4v) is 2.00. The van der Waals surface area contributed by atoms with Gasteiger partial charge in [-0.15, -0.1) is 0 Å². The Balaban J connectivity index is 1.81. The predicted octanol–water partition coefficient (Wildman–Crippen LogP) is 0.257. The summed E-state index contributed by atoms with van der Waals surface area (Å²) >= 11 is 0. The van der Waals surface area contributed by atoms with Gasteiger partial charge in [-0.2, -0.15) is 0 Å². The van der Waals surface area contributed by atoms with Crippen molar-refractivity contribution >= 4 is 5.91 Å². The number of carbonyl (C=O) groups excluding carboxylic acids is 1. The van der Waals surface area contributed by atoms with Crippen LogP contribution in [-0.4, -0.2) is 62.0 Å². The van der Waals surface area contributed by atoms with Gasteiger partial charge in [0.15, 0.2) is 5.76 Å². The Morgan fingerprint density at radius 2 is 2.18 bits per heavy atom. The number of nitrogens with zero attached hydrogens (tertiary/aromatic N) is 2. The summed E-state index contributed by atoms with van der Waals surface area (Å²) in [5, 5.41) is 3.13. The first-order chi connectivity index (χ1) is 8.31. The van der Waals surface area contributed by atoms with E-state index in [2.05, 4.69) is 10.2 Å². The molecular formula is C12H19N3O2. The minimum Gasteiger partial charge on any atom is -0.459 e. The highest BCUT2D eigenvalue weighted by atomic mass is 16.3. The molecule has 0 aliphatic carbocycles. The van der Waals surface area contributed by atoms with Crippen LogP contribution in [0.5, 0.6) is 0 Å². The minimum atomic E-state index is 0.00302. The number of nitrogens with one attached hydrogen (secondary N) is 1. The van der Waals surface area contributed by atoms with E-state index >= 15 is 0 Å². The Bertz CT molecular complexity index is 343. The molecule has 5 nitrogen and oxygen atoms in total. The topological polar surface area (TPSA) is 48.7 Å². The third kappa shape index (κ3) is 3.08. The molecular weight excluding hydrogens is 218 g/mol. The van der Waals surface area contributed by atoms with Gasteiger partial charge in [-0.25, -0.2) is 0 Å². The van der Waals surface area contributed by atoms with Gasteiger partial charge in [0.2, 0.25) is 0 Å². The first-order valence-corrected chi connectivity index (χ1v) is 6.01. The fourth-order valence-electron chi connectivity index (χ4n) is 2.00. The van der Waals surface area contributed by atoms with Crippen LogP contribution < -0.4 is 5.32 Å². The molecule has 1 aromatic rings. The lowest BCUT2D eigenvalue weighted by Gasteiger charge is -2.34. The molecule has 2 rings (SSSR count). The van der Waals surface area contributed by atoms with Gasteiger partial charge in [-0.1, -0.05) is 0 Å². The molecule has 1 aromatic heterocycles. The lowest BCUT2D eigenvalue weighted by atomic mass is 10.3. The van der Waals surface area contributed by atoms with Crippen LogP contribution in [0, 0.1) is 0 Å². The second-order valence-electron chi connectivity index (χ2n) is 4.21. The maximum atomic E-state index is 12.0. The SMILES string of the molecule is CNCCN1CCN(C(=O)c2ccco2)CC1. The normalized spacial score (nSPS) is 17.4. The maximum absolute atomic E-state index is 12.0. The zero-order valence-corrected chi connectivity index (χ0v) is 10.2. The van der Waals surface area contributed by atoms with E-state index in [1.165, 1.54) is 6.26 Å². The van der Waals surface area contributed by atoms with E-state index in [-0.39, 0.29) is 5.91 Å². The van der Waals surface area contributed by atoms with E-state index in [1.807, 2.05) is 11.9 Å². The van der Waals surface area contributed by atoms with E-state index in [0.29, 0.717) is 5.76 Å². The fraction of sp³-hybridized carbons (Fsp3) is 0.583. The molecule has 1 saturated heterocycles. The van der Waals surface area contributed by atoms with Crippen LogP contribution in [0.25, 0.3) is 0 Å². The highest BCUT2D eigenvalue weighted by Gasteiger charge is 2.23. The lowest BCUT2D eigenvalue weighted by molar-refractivity contribution is 0.0608. The number of likely N-dealkylation sites (N-methyl/N-ethyl adjacent to an activating group) is 1.